The summed E-state index contributed by atoms with van der Waals surface area (Å²) >= 11 is 5.21. The molecule has 150 valence electrons. The number of piperidine rings is 1. The fraction of sp³-hybridized carbons (Fsp3) is 0.227. The van der Waals surface area contributed by atoms with Crippen molar-refractivity contribution in [2.24, 2.45) is 0 Å². The van der Waals surface area contributed by atoms with E-state index in [2.05, 4.69) is 10.6 Å². The molecule has 0 spiro atoms. The number of nitrogens with one attached hydrogen (secondary N) is 2. The lowest BCUT2D eigenvalue weighted by atomic mass is 10.1. The van der Waals surface area contributed by atoms with E-state index in [1.807, 2.05) is 4.90 Å². The molecule has 0 atom stereocenters. The van der Waals surface area contributed by atoms with Crippen molar-refractivity contribution in [3.8, 4) is 0 Å². The van der Waals surface area contributed by atoms with Gasteiger partial charge in [-0.3, -0.25) is 14.9 Å². The molecule has 0 aliphatic carbocycles. The highest BCUT2D eigenvalue weighted by Gasteiger charge is 2.20. The fourth-order valence-corrected chi connectivity index (χ4v) is 3.31. The molecular weight excluding hydrogens is 389 g/mol. The van der Waals surface area contributed by atoms with Gasteiger partial charge < -0.3 is 10.2 Å². The average molecular weight is 412 g/mol. The molecule has 3 rings (SSSR count). The summed E-state index contributed by atoms with van der Waals surface area (Å²) in [5.74, 6) is -0.806. The number of anilines is 1. The Morgan fingerprint density at radius 2 is 1.69 bits per heavy atom. The van der Waals surface area contributed by atoms with Crippen molar-refractivity contribution >= 4 is 40.9 Å². The average Bonchev–Trinajstić information content (AvgIpc) is 2.74. The van der Waals surface area contributed by atoms with Crippen LogP contribution in [0.4, 0.5) is 10.1 Å². The van der Waals surface area contributed by atoms with Gasteiger partial charge in [-0.25, -0.2) is 4.39 Å². The van der Waals surface area contributed by atoms with Gasteiger partial charge in [0.2, 0.25) is 5.91 Å². The van der Waals surface area contributed by atoms with Gasteiger partial charge >= 0.3 is 0 Å². The van der Waals surface area contributed by atoms with E-state index in [9.17, 15) is 14.0 Å². The zero-order chi connectivity index (χ0) is 20.6. The third-order valence-electron chi connectivity index (χ3n) is 4.58. The van der Waals surface area contributed by atoms with Crippen LogP contribution in [0.2, 0.25) is 0 Å². The second kappa shape index (κ2) is 9.93. The summed E-state index contributed by atoms with van der Waals surface area (Å²) in [6.07, 6.45) is 6.04. The van der Waals surface area contributed by atoms with E-state index in [-0.39, 0.29) is 16.8 Å². The van der Waals surface area contributed by atoms with Gasteiger partial charge in [-0.15, -0.1) is 0 Å². The van der Waals surface area contributed by atoms with Crippen molar-refractivity contribution < 1.29 is 14.0 Å². The Morgan fingerprint density at radius 3 is 2.41 bits per heavy atom. The third kappa shape index (κ3) is 5.96. The van der Waals surface area contributed by atoms with Gasteiger partial charge in [-0.05, 0) is 67.4 Å². The summed E-state index contributed by atoms with van der Waals surface area (Å²) in [6.45, 7) is 1.51. The first-order valence-corrected chi connectivity index (χ1v) is 9.88. The number of carbonyl (C=O) groups is 2. The molecule has 0 radical (unpaired) electrons. The van der Waals surface area contributed by atoms with Crippen molar-refractivity contribution in [1.29, 1.82) is 0 Å². The molecule has 2 aromatic carbocycles. The second-order valence-corrected chi connectivity index (χ2v) is 7.13. The van der Waals surface area contributed by atoms with Crippen LogP contribution in [0.1, 0.15) is 35.2 Å². The minimum atomic E-state index is -0.424. The Kier molecular flexibility index (Phi) is 7.08. The van der Waals surface area contributed by atoms with E-state index in [4.69, 9.17) is 12.2 Å². The number of halogens is 1. The number of benzene rings is 2. The summed E-state index contributed by atoms with van der Waals surface area (Å²) < 4.78 is 12.9. The van der Waals surface area contributed by atoms with Crippen LogP contribution >= 0.6 is 12.2 Å². The molecule has 2 amide bonds. The SMILES string of the molecule is O=C(C=Cc1ccc(F)cc1)NC(=S)Nc1ccccc1C(=O)N1CCCCC1. The summed E-state index contributed by atoms with van der Waals surface area (Å²) in [7, 11) is 0. The predicted octanol–water partition coefficient (Wildman–Crippen LogP) is 3.98. The molecule has 2 N–H and O–H groups in total. The van der Waals surface area contributed by atoms with Gasteiger partial charge in [-0.1, -0.05) is 24.3 Å². The lowest BCUT2D eigenvalue weighted by Gasteiger charge is -2.27. The number of carbonyl (C=O) groups excluding carboxylic acids is 2. The van der Waals surface area contributed by atoms with E-state index >= 15 is 0 Å². The zero-order valence-corrected chi connectivity index (χ0v) is 16.7. The van der Waals surface area contributed by atoms with Crippen LogP contribution in [0.25, 0.3) is 6.08 Å². The highest BCUT2D eigenvalue weighted by molar-refractivity contribution is 7.80. The van der Waals surface area contributed by atoms with Crippen LogP contribution in [0.5, 0.6) is 0 Å². The maximum Gasteiger partial charge on any atom is 0.255 e. The van der Waals surface area contributed by atoms with Gasteiger partial charge in [0.05, 0.1) is 11.3 Å². The monoisotopic (exact) mass is 411 g/mol. The van der Waals surface area contributed by atoms with Crippen LogP contribution in [0.15, 0.2) is 54.6 Å². The number of hydrogen-bond acceptors (Lipinski definition) is 3. The lowest BCUT2D eigenvalue weighted by molar-refractivity contribution is -0.115. The normalized spacial score (nSPS) is 13.9. The van der Waals surface area contributed by atoms with Crippen molar-refractivity contribution in [3.05, 3.63) is 71.6 Å². The minimum Gasteiger partial charge on any atom is -0.339 e. The molecule has 29 heavy (non-hydrogen) atoms. The highest BCUT2D eigenvalue weighted by Crippen LogP contribution is 2.20. The summed E-state index contributed by atoms with van der Waals surface area (Å²) in [4.78, 5) is 26.7. The Bertz CT molecular complexity index is 922. The van der Waals surface area contributed by atoms with Crippen molar-refractivity contribution in [2.75, 3.05) is 18.4 Å². The molecule has 0 saturated carbocycles. The Labute approximate surface area is 174 Å². The Balaban J connectivity index is 1.61. The number of amides is 2. The topological polar surface area (TPSA) is 61.4 Å². The van der Waals surface area contributed by atoms with Gasteiger partial charge in [0, 0.05) is 19.2 Å². The van der Waals surface area contributed by atoms with E-state index < -0.39 is 5.91 Å². The largest absolute Gasteiger partial charge is 0.339 e. The first-order chi connectivity index (χ1) is 14.0. The molecule has 1 aliphatic rings. The maximum absolute atomic E-state index is 12.9. The van der Waals surface area contributed by atoms with E-state index in [1.165, 1.54) is 18.2 Å². The molecule has 1 fully saturated rings. The molecule has 0 aromatic heterocycles. The molecular formula is C22H22FN3O2S. The molecule has 2 aromatic rings. The zero-order valence-electron chi connectivity index (χ0n) is 15.9. The van der Waals surface area contributed by atoms with Crippen molar-refractivity contribution in [1.82, 2.24) is 10.2 Å². The standard InChI is InChI=1S/C22H22FN3O2S/c23-17-11-8-16(9-12-17)10-13-20(27)25-22(29)24-19-7-3-2-6-18(19)21(28)26-14-4-1-5-15-26/h2-3,6-13H,1,4-5,14-15H2,(H2,24,25,27,29). The van der Waals surface area contributed by atoms with Crippen LogP contribution in [-0.4, -0.2) is 34.9 Å². The molecule has 0 bridgehead atoms. The number of para-hydroxylation sites is 1. The van der Waals surface area contributed by atoms with E-state index in [0.717, 1.165) is 32.4 Å². The van der Waals surface area contributed by atoms with Crippen LogP contribution in [0.3, 0.4) is 0 Å². The number of nitrogens with zero attached hydrogens (tertiary/aromatic N) is 1. The van der Waals surface area contributed by atoms with Gasteiger partial charge in [0.15, 0.2) is 5.11 Å². The minimum absolute atomic E-state index is 0.0434. The van der Waals surface area contributed by atoms with E-state index in [0.29, 0.717) is 16.8 Å². The number of rotatable bonds is 4. The molecule has 7 heteroatoms. The summed E-state index contributed by atoms with van der Waals surface area (Å²) in [5, 5.41) is 5.58. The molecule has 1 aliphatic heterocycles. The van der Waals surface area contributed by atoms with Crippen molar-refractivity contribution in [2.45, 2.75) is 19.3 Å². The summed E-state index contributed by atoms with van der Waals surface area (Å²) in [6, 6.07) is 12.9. The molecule has 1 saturated heterocycles. The smallest absolute Gasteiger partial charge is 0.255 e. The lowest BCUT2D eigenvalue weighted by Crippen LogP contribution is -2.37. The quantitative estimate of drug-likeness (QED) is 0.590. The van der Waals surface area contributed by atoms with Gasteiger partial charge in [0.25, 0.3) is 5.91 Å². The predicted molar refractivity (Wildman–Crippen MR) is 116 cm³/mol. The highest BCUT2D eigenvalue weighted by atomic mass is 32.1. The molecule has 0 unspecified atom stereocenters. The van der Waals surface area contributed by atoms with Gasteiger partial charge in [0.1, 0.15) is 5.82 Å². The van der Waals surface area contributed by atoms with Gasteiger partial charge in [-0.2, -0.15) is 0 Å². The van der Waals surface area contributed by atoms with Crippen LogP contribution in [-0.2, 0) is 4.79 Å². The summed E-state index contributed by atoms with van der Waals surface area (Å²) in [5.41, 5.74) is 1.77. The Hall–Kier alpha value is -3.06. The maximum atomic E-state index is 12.9. The number of thiocarbonyl (C=S) groups is 1. The van der Waals surface area contributed by atoms with Crippen LogP contribution < -0.4 is 10.6 Å². The molecule has 1 heterocycles. The molecule has 5 nitrogen and oxygen atoms in total. The Morgan fingerprint density at radius 1 is 1.00 bits per heavy atom. The van der Waals surface area contributed by atoms with E-state index in [1.54, 1.807) is 42.5 Å². The van der Waals surface area contributed by atoms with Crippen LogP contribution in [0, 0.1) is 5.82 Å². The first kappa shape index (κ1) is 20.7. The first-order valence-electron chi connectivity index (χ1n) is 9.47. The second-order valence-electron chi connectivity index (χ2n) is 6.73. The number of likely N-dealkylation sites (tertiary alicyclic amines) is 1. The third-order valence-corrected chi connectivity index (χ3v) is 4.79. The van der Waals surface area contributed by atoms with Crippen molar-refractivity contribution in [3.63, 3.8) is 0 Å². The number of hydrogen-bond donors (Lipinski definition) is 2. The fourth-order valence-electron chi connectivity index (χ4n) is 3.10.